The quantitative estimate of drug-likeness (QED) is 0.340. The molecule has 3 rings (SSSR count). The van der Waals surface area contributed by atoms with Gasteiger partial charge in [0.1, 0.15) is 0 Å². The van der Waals surface area contributed by atoms with Crippen LogP contribution in [0, 0.1) is 0 Å². The van der Waals surface area contributed by atoms with Crippen LogP contribution in [-0.4, -0.2) is 16.6 Å². The molecule has 1 heterocycles. The van der Waals surface area contributed by atoms with Gasteiger partial charge in [0.25, 0.3) is 0 Å². The Morgan fingerprint density at radius 3 is 2.24 bits per heavy atom. The molecule has 0 spiro atoms. The van der Waals surface area contributed by atoms with E-state index < -0.39 is 35.1 Å². The first-order valence-electron chi connectivity index (χ1n) is 7.70. The molecular formula is C17H9ClF6N2OS2. The second kappa shape index (κ2) is 8.04. The largest absolute Gasteiger partial charge is 0.416 e. The van der Waals surface area contributed by atoms with Crippen molar-refractivity contribution in [2.24, 2.45) is 0 Å². The lowest BCUT2D eigenvalue weighted by Crippen LogP contribution is -2.17. The van der Waals surface area contributed by atoms with E-state index in [1.165, 1.54) is 11.3 Å². The lowest BCUT2D eigenvalue weighted by molar-refractivity contribution is -0.143. The number of hydrogen-bond acceptors (Lipinski definition) is 4. The Labute approximate surface area is 173 Å². The Morgan fingerprint density at radius 2 is 1.66 bits per heavy atom. The first-order valence-corrected chi connectivity index (χ1v) is 9.88. The maximum atomic E-state index is 12.9. The van der Waals surface area contributed by atoms with E-state index in [2.05, 4.69) is 10.3 Å². The summed E-state index contributed by atoms with van der Waals surface area (Å²) in [4.78, 5) is 16.3. The molecular weight excluding hydrogens is 462 g/mol. The van der Waals surface area contributed by atoms with Crippen molar-refractivity contribution in [3.05, 3.63) is 52.5 Å². The summed E-state index contributed by atoms with van der Waals surface area (Å²) in [6, 6.07) is 5.97. The van der Waals surface area contributed by atoms with Crippen molar-refractivity contribution in [2.75, 3.05) is 11.1 Å². The fourth-order valence-electron chi connectivity index (χ4n) is 2.29. The minimum absolute atomic E-state index is 0.00331. The van der Waals surface area contributed by atoms with E-state index in [1.807, 2.05) is 0 Å². The van der Waals surface area contributed by atoms with Crippen molar-refractivity contribution in [2.45, 2.75) is 16.7 Å². The van der Waals surface area contributed by atoms with Gasteiger partial charge >= 0.3 is 12.4 Å². The molecule has 0 saturated heterocycles. The number of thiazole rings is 1. The maximum absolute atomic E-state index is 12.9. The molecule has 0 saturated carbocycles. The van der Waals surface area contributed by atoms with E-state index in [0.717, 1.165) is 16.5 Å². The van der Waals surface area contributed by atoms with Crippen LogP contribution in [0.2, 0.25) is 5.02 Å². The molecule has 29 heavy (non-hydrogen) atoms. The van der Waals surface area contributed by atoms with Crippen molar-refractivity contribution < 1.29 is 31.1 Å². The summed E-state index contributed by atoms with van der Waals surface area (Å²) in [6.45, 7) is 0. The Bertz CT molecular complexity index is 1030. The molecule has 3 aromatic rings. The second-order valence-corrected chi connectivity index (χ2v) is 8.41. The zero-order chi connectivity index (χ0) is 21.4. The number of carbonyl (C=O) groups excluding carboxylic acids is 1. The number of rotatable bonds is 4. The zero-order valence-electron chi connectivity index (χ0n) is 14.0. The lowest BCUT2D eigenvalue weighted by atomic mass is 10.1. The third kappa shape index (κ3) is 5.55. The molecule has 1 N–H and O–H groups in total. The number of thioether (sulfide) groups is 1. The molecule has 0 atom stereocenters. The van der Waals surface area contributed by atoms with Crippen molar-refractivity contribution in [3.8, 4) is 0 Å². The van der Waals surface area contributed by atoms with E-state index in [4.69, 9.17) is 11.6 Å². The van der Waals surface area contributed by atoms with Gasteiger partial charge in [0.05, 0.1) is 27.1 Å². The van der Waals surface area contributed by atoms with E-state index in [1.54, 1.807) is 18.2 Å². The van der Waals surface area contributed by atoms with Crippen LogP contribution in [0.25, 0.3) is 10.2 Å². The van der Waals surface area contributed by atoms with Gasteiger partial charge in [0, 0.05) is 10.7 Å². The summed E-state index contributed by atoms with van der Waals surface area (Å²) < 4.78 is 78.6. The van der Waals surface area contributed by atoms with Gasteiger partial charge in [0.15, 0.2) is 4.34 Å². The van der Waals surface area contributed by atoms with Crippen molar-refractivity contribution >= 4 is 56.5 Å². The Morgan fingerprint density at radius 1 is 1.03 bits per heavy atom. The molecule has 0 bridgehead atoms. The summed E-state index contributed by atoms with van der Waals surface area (Å²) in [5.74, 6) is -1.01. The monoisotopic (exact) mass is 470 g/mol. The number of nitrogens with one attached hydrogen (secondary N) is 1. The highest BCUT2D eigenvalue weighted by molar-refractivity contribution is 8.01. The molecule has 0 radical (unpaired) electrons. The van der Waals surface area contributed by atoms with Gasteiger partial charge in [0.2, 0.25) is 5.91 Å². The van der Waals surface area contributed by atoms with Gasteiger partial charge in [-0.15, -0.1) is 11.3 Å². The summed E-state index contributed by atoms with van der Waals surface area (Å²) >= 11 is 8.16. The molecule has 12 heteroatoms. The van der Waals surface area contributed by atoms with E-state index in [0.29, 0.717) is 27.0 Å². The van der Waals surface area contributed by atoms with Crippen LogP contribution in [0.3, 0.4) is 0 Å². The second-order valence-electron chi connectivity index (χ2n) is 5.72. The summed E-state index contributed by atoms with van der Waals surface area (Å²) in [7, 11) is 0. The smallest absolute Gasteiger partial charge is 0.325 e. The predicted octanol–water partition coefficient (Wildman–Crippen LogP) is 6.72. The molecule has 0 unspecified atom stereocenters. The van der Waals surface area contributed by atoms with Crippen LogP contribution in [0.15, 0.2) is 40.7 Å². The number of anilines is 1. The fourth-order valence-corrected chi connectivity index (χ4v) is 4.31. The number of hydrogen-bond donors (Lipinski definition) is 1. The Hall–Kier alpha value is -1.98. The Balaban J connectivity index is 1.73. The van der Waals surface area contributed by atoms with Crippen LogP contribution in [0.1, 0.15) is 11.1 Å². The number of alkyl halides is 6. The minimum atomic E-state index is -4.99. The maximum Gasteiger partial charge on any atom is 0.416 e. The molecule has 0 aliphatic heterocycles. The zero-order valence-corrected chi connectivity index (χ0v) is 16.4. The first-order chi connectivity index (χ1) is 13.4. The number of carbonyl (C=O) groups is 1. The molecule has 2 aromatic carbocycles. The van der Waals surface area contributed by atoms with E-state index in [-0.39, 0.29) is 11.8 Å². The van der Waals surface area contributed by atoms with Crippen LogP contribution >= 0.6 is 34.7 Å². The van der Waals surface area contributed by atoms with Gasteiger partial charge in [-0.1, -0.05) is 23.4 Å². The first kappa shape index (κ1) is 21.7. The summed E-state index contributed by atoms with van der Waals surface area (Å²) in [5.41, 5.74) is -2.97. The van der Waals surface area contributed by atoms with Gasteiger partial charge < -0.3 is 5.32 Å². The number of aromatic nitrogens is 1. The lowest BCUT2D eigenvalue weighted by Gasteiger charge is -2.14. The standard InChI is InChI=1S/C17H9ClF6N2OS2/c18-10-1-2-13-12(6-10)26-15(29-13)28-7-14(27)25-11-4-8(16(19,20)21)3-9(5-11)17(22,23)24/h1-6H,7H2,(H,25,27). The summed E-state index contributed by atoms with van der Waals surface area (Å²) in [6.07, 6.45) is -9.98. The number of nitrogens with zero attached hydrogens (tertiary/aromatic N) is 1. The Kier molecular flexibility index (Phi) is 6.02. The molecule has 0 aliphatic rings. The number of fused-ring (bicyclic) bond motifs is 1. The molecule has 1 amide bonds. The fraction of sp³-hybridized carbons (Fsp3) is 0.176. The predicted molar refractivity (Wildman–Crippen MR) is 100 cm³/mol. The average Bonchev–Trinajstić information content (AvgIpc) is 3.00. The molecule has 0 aliphatic carbocycles. The van der Waals surface area contributed by atoms with E-state index >= 15 is 0 Å². The topological polar surface area (TPSA) is 42.0 Å². The number of halogens is 7. The average molecular weight is 471 g/mol. The highest BCUT2D eigenvalue weighted by Gasteiger charge is 2.37. The molecule has 3 nitrogen and oxygen atoms in total. The number of amides is 1. The van der Waals surface area contributed by atoms with Crippen molar-refractivity contribution in [1.29, 1.82) is 0 Å². The normalized spacial score (nSPS) is 12.4. The van der Waals surface area contributed by atoms with Gasteiger partial charge in [-0.25, -0.2) is 4.98 Å². The van der Waals surface area contributed by atoms with E-state index in [9.17, 15) is 31.1 Å². The molecule has 154 valence electrons. The molecule has 1 aromatic heterocycles. The van der Waals surface area contributed by atoms with Gasteiger partial charge in [-0.2, -0.15) is 26.3 Å². The summed E-state index contributed by atoms with van der Waals surface area (Å²) in [5, 5.41) is 2.56. The van der Waals surface area contributed by atoms with Crippen LogP contribution in [-0.2, 0) is 17.1 Å². The number of benzene rings is 2. The highest BCUT2D eigenvalue weighted by Crippen LogP contribution is 2.37. The van der Waals surface area contributed by atoms with Crippen molar-refractivity contribution in [3.63, 3.8) is 0 Å². The van der Waals surface area contributed by atoms with Crippen LogP contribution < -0.4 is 5.32 Å². The van der Waals surface area contributed by atoms with Crippen molar-refractivity contribution in [1.82, 2.24) is 4.98 Å². The third-order valence-corrected chi connectivity index (χ3v) is 5.94. The highest BCUT2D eigenvalue weighted by atomic mass is 35.5. The third-order valence-electron chi connectivity index (χ3n) is 3.53. The van der Waals surface area contributed by atoms with Crippen LogP contribution in [0.5, 0.6) is 0 Å². The van der Waals surface area contributed by atoms with Gasteiger partial charge in [-0.3, -0.25) is 4.79 Å². The molecule has 0 fully saturated rings. The van der Waals surface area contributed by atoms with Gasteiger partial charge in [-0.05, 0) is 36.4 Å². The van der Waals surface area contributed by atoms with Crippen LogP contribution in [0.4, 0.5) is 32.0 Å². The minimum Gasteiger partial charge on any atom is -0.325 e. The SMILES string of the molecule is O=C(CSc1nc2cc(Cl)ccc2s1)Nc1cc(C(F)(F)F)cc(C(F)(F)F)c1.